The van der Waals surface area contributed by atoms with E-state index in [-0.39, 0.29) is 5.78 Å². The van der Waals surface area contributed by atoms with E-state index in [9.17, 15) is 4.79 Å². The second-order valence-corrected chi connectivity index (χ2v) is 4.43. The Morgan fingerprint density at radius 1 is 1.12 bits per heavy atom. The lowest BCUT2D eigenvalue weighted by molar-refractivity contribution is 0.103. The molecule has 0 aliphatic heterocycles. The van der Waals surface area contributed by atoms with Crippen molar-refractivity contribution in [1.29, 1.82) is 0 Å². The monoisotopic (exact) mass is 245 g/mol. The highest BCUT2D eigenvalue weighted by molar-refractivity contribution is 6.30. The average Bonchev–Trinajstić information content (AvgIpc) is 2.33. The highest BCUT2D eigenvalue weighted by Gasteiger charge is 2.10. The Hall–Kier alpha value is -1.67. The summed E-state index contributed by atoms with van der Waals surface area (Å²) in [7, 11) is 0. The highest BCUT2D eigenvalue weighted by atomic mass is 35.5. The van der Waals surface area contributed by atoms with E-state index >= 15 is 0 Å². The Balaban J connectivity index is 2.37. The number of aryl methyl sites for hydroxylation is 2. The van der Waals surface area contributed by atoms with Gasteiger partial charge >= 0.3 is 0 Å². The molecule has 0 N–H and O–H groups in total. The number of halogens is 1. The summed E-state index contributed by atoms with van der Waals surface area (Å²) in [6.07, 6.45) is 1.48. The van der Waals surface area contributed by atoms with E-state index in [2.05, 4.69) is 4.98 Å². The van der Waals surface area contributed by atoms with Crippen LogP contribution < -0.4 is 0 Å². The topological polar surface area (TPSA) is 30.0 Å². The summed E-state index contributed by atoms with van der Waals surface area (Å²) in [5, 5.41) is 0.529. The summed E-state index contributed by atoms with van der Waals surface area (Å²) >= 11 is 5.73. The SMILES string of the molecule is Cc1ccc(C(=O)c2ccc(Cl)cn2)cc1C. The molecule has 0 amide bonds. The molecule has 1 aromatic heterocycles. The van der Waals surface area contributed by atoms with Crippen molar-refractivity contribution in [3.8, 4) is 0 Å². The predicted molar refractivity (Wildman–Crippen MR) is 68.6 cm³/mol. The lowest BCUT2D eigenvalue weighted by Crippen LogP contribution is -2.04. The standard InChI is InChI=1S/C14H12ClNO/c1-9-3-4-11(7-10(9)2)14(17)13-6-5-12(15)8-16-13/h3-8H,1-2H3. The minimum absolute atomic E-state index is 0.0789. The molecule has 0 spiro atoms. The molecule has 1 aromatic carbocycles. The minimum Gasteiger partial charge on any atom is -0.287 e. The molecule has 0 bridgehead atoms. The third-order valence-electron chi connectivity index (χ3n) is 2.73. The van der Waals surface area contributed by atoms with Crippen molar-refractivity contribution in [2.24, 2.45) is 0 Å². The minimum atomic E-state index is -0.0789. The number of hydrogen-bond acceptors (Lipinski definition) is 2. The molecule has 2 aromatic rings. The van der Waals surface area contributed by atoms with Crippen LogP contribution in [0.1, 0.15) is 27.2 Å². The molecule has 0 saturated carbocycles. The summed E-state index contributed by atoms with van der Waals surface area (Å²) in [6, 6.07) is 8.95. The van der Waals surface area contributed by atoms with Crippen molar-refractivity contribution < 1.29 is 4.79 Å². The first-order chi connectivity index (χ1) is 8.08. The molecule has 2 nitrogen and oxygen atoms in total. The van der Waals surface area contributed by atoms with Gasteiger partial charge in [-0.1, -0.05) is 23.7 Å². The second kappa shape index (κ2) is 4.68. The second-order valence-electron chi connectivity index (χ2n) is 3.99. The lowest BCUT2D eigenvalue weighted by atomic mass is 10.0. The molecule has 1 heterocycles. The van der Waals surface area contributed by atoms with E-state index in [1.165, 1.54) is 11.8 Å². The average molecular weight is 246 g/mol. The van der Waals surface area contributed by atoms with Gasteiger partial charge in [0.1, 0.15) is 5.69 Å². The molecular weight excluding hydrogens is 234 g/mol. The number of benzene rings is 1. The molecule has 17 heavy (non-hydrogen) atoms. The summed E-state index contributed by atoms with van der Waals surface area (Å²) in [4.78, 5) is 16.1. The van der Waals surface area contributed by atoms with Crippen LogP contribution >= 0.6 is 11.6 Å². The number of aromatic nitrogens is 1. The summed E-state index contributed by atoms with van der Waals surface area (Å²) < 4.78 is 0. The van der Waals surface area contributed by atoms with Crippen LogP contribution in [0.3, 0.4) is 0 Å². The first-order valence-electron chi connectivity index (χ1n) is 5.31. The number of rotatable bonds is 2. The van der Waals surface area contributed by atoms with Gasteiger partial charge in [0.25, 0.3) is 0 Å². The van der Waals surface area contributed by atoms with Crippen molar-refractivity contribution in [2.75, 3.05) is 0 Å². The smallest absolute Gasteiger partial charge is 0.211 e. The molecule has 3 heteroatoms. The van der Waals surface area contributed by atoms with Crippen LogP contribution in [-0.2, 0) is 0 Å². The first kappa shape index (κ1) is 11.8. The van der Waals surface area contributed by atoms with Gasteiger partial charge in [0, 0.05) is 11.8 Å². The van der Waals surface area contributed by atoms with Gasteiger partial charge in [0.15, 0.2) is 0 Å². The van der Waals surface area contributed by atoms with Gasteiger partial charge in [0.2, 0.25) is 5.78 Å². The summed E-state index contributed by atoms with van der Waals surface area (Å²) in [6.45, 7) is 4.01. The van der Waals surface area contributed by atoms with Gasteiger partial charge in [-0.3, -0.25) is 9.78 Å². The van der Waals surface area contributed by atoms with Gasteiger partial charge in [-0.15, -0.1) is 0 Å². The Morgan fingerprint density at radius 3 is 2.47 bits per heavy atom. The lowest BCUT2D eigenvalue weighted by Gasteiger charge is -2.04. The largest absolute Gasteiger partial charge is 0.287 e. The van der Waals surface area contributed by atoms with Crippen LogP contribution in [0.2, 0.25) is 5.02 Å². The Kier molecular flexibility index (Phi) is 3.25. The molecular formula is C14H12ClNO. The molecule has 0 aliphatic rings. The van der Waals surface area contributed by atoms with E-state index in [0.717, 1.165) is 5.56 Å². The van der Waals surface area contributed by atoms with Gasteiger partial charge < -0.3 is 0 Å². The Morgan fingerprint density at radius 2 is 1.88 bits per heavy atom. The third kappa shape index (κ3) is 2.53. The quantitative estimate of drug-likeness (QED) is 0.757. The van der Waals surface area contributed by atoms with Crippen molar-refractivity contribution in [3.63, 3.8) is 0 Å². The number of carbonyl (C=O) groups excluding carboxylic acids is 1. The molecule has 0 aliphatic carbocycles. The van der Waals surface area contributed by atoms with Gasteiger partial charge in [0.05, 0.1) is 5.02 Å². The summed E-state index contributed by atoms with van der Waals surface area (Å²) in [5.41, 5.74) is 3.34. The van der Waals surface area contributed by atoms with Crippen molar-refractivity contribution in [1.82, 2.24) is 4.98 Å². The zero-order valence-corrected chi connectivity index (χ0v) is 10.5. The Bertz CT molecular complexity index is 561. The molecule has 0 fully saturated rings. The van der Waals surface area contributed by atoms with E-state index in [1.54, 1.807) is 12.1 Å². The number of ketones is 1. The van der Waals surface area contributed by atoms with Crippen molar-refractivity contribution in [3.05, 3.63) is 63.9 Å². The van der Waals surface area contributed by atoms with E-state index in [0.29, 0.717) is 16.3 Å². The van der Waals surface area contributed by atoms with Crippen LogP contribution in [0.25, 0.3) is 0 Å². The maximum absolute atomic E-state index is 12.1. The normalized spacial score (nSPS) is 10.3. The molecule has 2 rings (SSSR count). The zero-order chi connectivity index (χ0) is 12.4. The maximum atomic E-state index is 12.1. The molecule has 0 radical (unpaired) electrons. The predicted octanol–water partition coefficient (Wildman–Crippen LogP) is 3.58. The maximum Gasteiger partial charge on any atom is 0.211 e. The van der Waals surface area contributed by atoms with Gasteiger partial charge in [-0.2, -0.15) is 0 Å². The van der Waals surface area contributed by atoms with E-state index in [4.69, 9.17) is 11.6 Å². The molecule has 0 atom stereocenters. The van der Waals surface area contributed by atoms with E-state index < -0.39 is 0 Å². The Labute approximate surface area is 105 Å². The zero-order valence-electron chi connectivity index (χ0n) is 9.70. The first-order valence-corrected chi connectivity index (χ1v) is 5.69. The molecule has 0 saturated heterocycles. The third-order valence-corrected chi connectivity index (χ3v) is 2.95. The number of nitrogens with zero attached hydrogens (tertiary/aromatic N) is 1. The highest BCUT2D eigenvalue weighted by Crippen LogP contribution is 2.14. The van der Waals surface area contributed by atoms with Crippen LogP contribution in [0, 0.1) is 13.8 Å². The van der Waals surface area contributed by atoms with Crippen molar-refractivity contribution in [2.45, 2.75) is 13.8 Å². The number of hydrogen-bond donors (Lipinski definition) is 0. The van der Waals surface area contributed by atoms with Crippen molar-refractivity contribution >= 4 is 17.4 Å². The van der Waals surface area contributed by atoms with Gasteiger partial charge in [-0.05, 0) is 43.2 Å². The fraction of sp³-hybridized carbons (Fsp3) is 0.143. The molecule has 0 unspecified atom stereocenters. The van der Waals surface area contributed by atoms with Crippen LogP contribution in [0.15, 0.2) is 36.5 Å². The van der Waals surface area contributed by atoms with Gasteiger partial charge in [-0.25, -0.2) is 0 Å². The van der Waals surface area contributed by atoms with E-state index in [1.807, 2.05) is 32.0 Å². The number of carbonyl (C=O) groups is 1. The van der Waals surface area contributed by atoms with Crippen LogP contribution in [-0.4, -0.2) is 10.8 Å². The molecule has 86 valence electrons. The summed E-state index contributed by atoms with van der Waals surface area (Å²) in [5.74, 6) is -0.0789. The number of pyridine rings is 1. The van der Waals surface area contributed by atoms with Crippen LogP contribution in [0.5, 0.6) is 0 Å². The fourth-order valence-electron chi connectivity index (χ4n) is 1.54. The fourth-order valence-corrected chi connectivity index (χ4v) is 1.65. The van der Waals surface area contributed by atoms with Crippen LogP contribution in [0.4, 0.5) is 0 Å².